The number of hydrogen-bond acceptors (Lipinski definition) is 3. The fraction of sp³-hybridized carbons (Fsp3) is 0.900. The van der Waals surface area contributed by atoms with E-state index < -0.39 is 5.60 Å². The molecule has 1 aliphatic rings. The molecule has 82 valence electrons. The summed E-state index contributed by atoms with van der Waals surface area (Å²) in [7, 11) is 1.51. The van der Waals surface area contributed by atoms with Gasteiger partial charge in [0, 0.05) is 7.11 Å². The number of ether oxygens (including phenoxy) is 1. The molecule has 0 atom stereocenters. The molecule has 0 aromatic carbocycles. The summed E-state index contributed by atoms with van der Waals surface area (Å²) in [6, 6.07) is 0. The van der Waals surface area contributed by atoms with Crippen LogP contribution in [0.25, 0.3) is 0 Å². The molecule has 4 nitrogen and oxygen atoms in total. The molecule has 0 heterocycles. The van der Waals surface area contributed by atoms with Crippen molar-refractivity contribution in [2.75, 3.05) is 13.7 Å². The minimum atomic E-state index is -0.822. The van der Waals surface area contributed by atoms with E-state index in [9.17, 15) is 4.79 Å². The highest BCUT2D eigenvalue weighted by Gasteiger charge is 2.41. The van der Waals surface area contributed by atoms with E-state index >= 15 is 0 Å². The minimum Gasteiger partial charge on any atom is -0.394 e. The average molecular weight is 201 g/mol. The molecule has 4 heteroatoms. The van der Waals surface area contributed by atoms with Gasteiger partial charge in [-0.05, 0) is 33.1 Å². The maximum absolute atomic E-state index is 11.7. The number of hydrogen-bond donors (Lipinski definition) is 2. The third-order valence-electron chi connectivity index (χ3n) is 3.05. The molecule has 1 saturated carbocycles. The molecule has 0 radical (unpaired) electrons. The van der Waals surface area contributed by atoms with E-state index in [1.54, 1.807) is 13.8 Å². The topological polar surface area (TPSA) is 58.6 Å². The van der Waals surface area contributed by atoms with Crippen molar-refractivity contribution in [3.63, 3.8) is 0 Å². The summed E-state index contributed by atoms with van der Waals surface area (Å²) >= 11 is 0. The Hall–Kier alpha value is -0.610. The van der Waals surface area contributed by atoms with Crippen LogP contribution in [-0.2, 0) is 9.53 Å². The highest BCUT2D eigenvalue weighted by molar-refractivity contribution is 5.85. The van der Waals surface area contributed by atoms with Crippen LogP contribution in [0.15, 0.2) is 0 Å². The van der Waals surface area contributed by atoms with Crippen molar-refractivity contribution in [1.29, 1.82) is 0 Å². The van der Waals surface area contributed by atoms with Crippen molar-refractivity contribution < 1.29 is 14.6 Å². The third kappa shape index (κ3) is 2.07. The van der Waals surface area contributed by atoms with Gasteiger partial charge in [0.2, 0.25) is 0 Å². The number of aliphatic hydroxyl groups excluding tert-OH is 1. The van der Waals surface area contributed by atoms with Gasteiger partial charge < -0.3 is 15.2 Å². The second-order valence-electron chi connectivity index (χ2n) is 4.46. The normalized spacial score (nSPS) is 20.0. The Bertz CT molecular complexity index is 216. The van der Waals surface area contributed by atoms with Gasteiger partial charge in [-0.15, -0.1) is 0 Å². The molecule has 14 heavy (non-hydrogen) atoms. The Kier molecular flexibility index (Phi) is 3.17. The molecule has 1 fully saturated rings. The highest BCUT2D eigenvalue weighted by Crippen LogP contribution is 2.31. The second kappa shape index (κ2) is 3.87. The average Bonchev–Trinajstić information content (AvgIpc) is 2.10. The fourth-order valence-electron chi connectivity index (χ4n) is 1.41. The molecule has 2 N–H and O–H groups in total. The van der Waals surface area contributed by atoms with Gasteiger partial charge in [0.1, 0.15) is 5.60 Å². The zero-order valence-corrected chi connectivity index (χ0v) is 9.09. The monoisotopic (exact) mass is 201 g/mol. The van der Waals surface area contributed by atoms with Crippen LogP contribution < -0.4 is 5.32 Å². The Labute approximate surface area is 84.6 Å². The molecule has 0 aliphatic heterocycles. The van der Waals surface area contributed by atoms with Gasteiger partial charge in [-0.2, -0.15) is 0 Å². The Morgan fingerprint density at radius 3 is 2.43 bits per heavy atom. The fourth-order valence-corrected chi connectivity index (χ4v) is 1.41. The first-order chi connectivity index (χ1) is 6.46. The molecule has 1 rings (SSSR count). The van der Waals surface area contributed by atoms with Crippen LogP contribution in [0, 0.1) is 0 Å². The van der Waals surface area contributed by atoms with Crippen molar-refractivity contribution >= 4 is 5.91 Å². The van der Waals surface area contributed by atoms with Crippen molar-refractivity contribution in [3.8, 4) is 0 Å². The number of aliphatic hydroxyl groups is 1. The van der Waals surface area contributed by atoms with Crippen LogP contribution in [0.4, 0.5) is 0 Å². The predicted molar refractivity (Wildman–Crippen MR) is 52.9 cm³/mol. The lowest BCUT2D eigenvalue weighted by Gasteiger charge is -2.42. The molecule has 0 aromatic rings. The van der Waals surface area contributed by atoms with E-state index in [1.807, 2.05) is 0 Å². The minimum absolute atomic E-state index is 0.0124. The molecular weight excluding hydrogens is 182 g/mol. The number of carbonyl (C=O) groups is 1. The molecule has 0 aromatic heterocycles. The van der Waals surface area contributed by atoms with Crippen LogP contribution in [0.3, 0.4) is 0 Å². The van der Waals surface area contributed by atoms with Gasteiger partial charge in [0.15, 0.2) is 0 Å². The van der Waals surface area contributed by atoms with E-state index in [0.29, 0.717) is 0 Å². The second-order valence-corrected chi connectivity index (χ2v) is 4.46. The lowest BCUT2D eigenvalue weighted by atomic mass is 9.77. The molecule has 0 saturated heterocycles. The summed E-state index contributed by atoms with van der Waals surface area (Å²) in [6.07, 6.45) is 2.78. The number of methoxy groups -OCH3 is 1. The summed E-state index contributed by atoms with van der Waals surface area (Å²) in [5.41, 5.74) is -1.20. The predicted octanol–water partition coefficient (Wildman–Crippen LogP) is 0.443. The number of amides is 1. The van der Waals surface area contributed by atoms with E-state index in [2.05, 4.69) is 5.32 Å². The Morgan fingerprint density at radius 1 is 1.57 bits per heavy atom. The number of rotatable bonds is 4. The molecule has 1 aliphatic carbocycles. The van der Waals surface area contributed by atoms with Crippen molar-refractivity contribution in [3.05, 3.63) is 0 Å². The van der Waals surface area contributed by atoms with Crippen molar-refractivity contribution in [2.24, 2.45) is 0 Å². The summed E-state index contributed by atoms with van der Waals surface area (Å²) in [4.78, 5) is 11.7. The van der Waals surface area contributed by atoms with Gasteiger partial charge in [0.25, 0.3) is 5.91 Å². The summed E-state index contributed by atoms with van der Waals surface area (Å²) < 4.78 is 5.06. The molecule has 0 unspecified atom stereocenters. The van der Waals surface area contributed by atoms with Crippen molar-refractivity contribution in [1.82, 2.24) is 5.32 Å². The van der Waals surface area contributed by atoms with Crippen LogP contribution in [0.2, 0.25) is 0 Å². The number of carbonyl (C=O) groups excluding carboxylic acids is 1. The van der Waals surface area contributed by atoms with Crippen LogP contribution in [0.1, 0.15) is 33.1 Å². The van der Waals surface area contributed by atoms with Gasteiger partial charge >= 0.3 is 0 Å². The molecule has 1 amide bonds. The Morgan fingerprint density at radius 2 is 2.14 bits per heavy atom. The standard InChI is InChI=1S/C10H19NO3/c1-9(2,14-3)8(13)11-10(7-12)5-4-6-10/h12H,4-7H2,1-3H3,(H,11,13). The SMILES string of the molecule is COC(C)(C)C(=O)NC1(CO)CCC1. The van der Waals surface area contributed by atoms with Crippen LogP contribution >= 0.6 is 0 Å². The molecule has 0 bridgehead atoms. The largest absolute Gasteiger partial charge is 0.394 e. The highest BCUT2D eigenvalue weighted by atomic mass is 16.5. The third-order valence-corrected chi connectivity index (χ3v) is 3.05. The summed E-state index contributed by atoms with van der Waals surface area (Å²) in [6.45, 7) is 3.44. The quantitative estimate of drug-likeness (QED) is 0.694. The maximum Gasteiger partial charge on any atom is 0.252 e. The van der Waals surface area contributed by atoms with Gasteiger partial charge in [-0.25, -0.2) is 0 Å². The maximum atomic E-state index is 11.7. The van der Waals surface area contributed by atoms with Crippen LogP contribution in [-0.4, -0.2) is 35.9 Å². The molecular formula is C10H19NO3. The zero-order chi connectivity index (χ0) is 10.8. The number of nitrogens with one attached hydrogen (secondary N) is 1. The van der Waals surface area contributed by atoms with Gasteiger partial charge in [-0.3, -0.25) is 4.79 Å². The first kappa shape index (κ1) is 11.5. The first-order valence-electron chi connectivity index (χ1n) is 4.94. The van der Waals surface area contributed by atoms with Gasteiger partial charge in [0.05, 0.1) is 12.1 Å². The van der Waals surface area contributed by atoms with E-state index in [0.717, 1.165) is 19.3 Å². The molecule has 0 spiro atoms. The van der Waals surface area contributed by atoms with Crippen LogP contribution in [0.5, 0.6) is 0 Å². The lowest BCUT2D eigenvalue weighted by Crippen LogP contribution is -2.60. The summed E-state index contributed by atoms with van der Waals surface area (Å²) in [5, 5.41) is 12.0. The zero-order valence-electron chi connectivity index (χ0n) is 9.09. The van der Waals surface area contributed by atoms with Crippen molar-refractivity contribution in [2.45, 2.75) is 44.2 Å². The van der Waals surface area contributed by atoms with Gasteiger partial charge in [-0.1, -0.05) is 0 Å². The smallest absolute Gasteiger partial charge is 0.252 e. The summed E-state index contributed by atoms with van der Waals surface area (Å²) in [5.74, 6) is -0.159. The van der Waals surface area contributed by atoms with E-state index in [1.165, 1.54) is 7.11 Å². The lowest BCUT2D eigenvalue weighted by molar-refractivity contribution is -0.143. The van der Waals surface area contributed by atoms with E-state index in [4.69, 9.17) is 9.84 Å². The Balaban J connectivity index is 2.55. The first-order valence-corrected chi connectivity index (χ1v) is 4.94. The van der Waals surface area contributed by atoms with E-state index in [-0.39, 0.29) is 18.1 Å².